The number of thiophene rings is 1. The first kappa shape index (κ1) is 13.6. The molecule has 0 saturated carbocycles. The minimum absolute atomic E-state index is 0.453. The summed E-state index contributed by atoms with van der Waals surface area (Å²) in [4.78, 5) is 10.3. The fourth-order valence-corrected chi connectivity index (χ4v) is 3.67. The van der Waals surface area contributed by atoms with Gasteiger partial charge >= 0.3 is 0 Å². The smallest absolute Gasteiger partial charge is 0.141 e. The third kappa shape index (κ3) is 2.03. The lowest BCUT2D eigenvalue weighted by Gasteiger charge is -2.08. The summed E-state index contributed by atoms with van der Waals surface area (Å²) >= 11 is 14.0. The number of hydrogen-bond donors (Lipinski definition) is 0. The highest BCUT2D eigenvalue weighted by atomic mass is 35.5. The van der Waals surface area contributed by atoms with E-state index in [0.717, 1.165) is 36.8 Å². The summed E-state index contributed by atoms with van der Waals surface area (Å²) in [5, 5.41) is 2.04. The summed E-state index contributed by atoms with van der Waals surface area (Å²) in [7, 11) is 0. The average molecular weight is 321 g/mol. The van der Waals surface area contributed by atoms with Crippen LogP contribution in [0, 0.1) is 6.92 Å². The van der Waals surface area contributed by atoms with E-state index in [4.69, 9.17) is 23.2 Å². The summed E-state index contributed by atoms with van der Waals surface area (Å²) in [6.45, 7) is 5.87. The highest BCUT2D eigenvalue weighted by Gasteiger charge is 2.18. The Morgan fingerprint density at radius 3 is 2.80 bits per heavy atom. The Morgan fingerprint density at radius 1 is 1.25 bits per heavy atom. The molecule has 0 radical (unpaired) electrons. The minimum atomic E-state index is 0.453. The van der Waals surface area contributed by atoms with Crippen LogP contribution in [-0.2, 0) is 0 Å². The molecule has 20 heavy (non-hydrogen) atoms. The Labute approximate surface area is 130 Å². The Balaban J connectivity index is 2.46. The van der Waals surface area contributed by atoms with E-state index >= 15 is 0 Å². The van der Waals surface area contributed by atoms with E-state index < -0.39 is 0 Å². The molecule has 0 aliphatic carbocycles. The van der Waals surface area contributed by atoms with Gasteiger partial charge in [-0.25, -0.2) is 9.97 Å². The molecule has 1 aromatic carbocycles. The van der Waals surface area contributed by atoms with Crippen molar-refractivity contribution in [2.45, 2.75) is 6.92 Å². The Bertz CT molecular complexity index is 824. The molecule has 0 spiro atoms. The molecule has 0 N–H and O–H groups in total. The zero-order valence-corrected chi connectivity index (χ0v) is 13.0. The largest absolute Gasteiger partial charge is 0.225 e. The van der Waals surface area contributed by atoms with Crippen molar-refractivity contribution in [3.05, 3.63) is 51.7 Å². The molecule has 0 atom stereocenters. The summed E-state index contributed by atoms with van der Waals surface area (Å²) in [6.07, 6.45) is 3.29. The first-order valence-electron chi connectivity index (χ1n) is 5.94. The maximum Gasteiger partial charge on any atom is 0.141 e. The van der Waals surface area contributed by atoms with Gasteiger partial charge in [-0.3, -0.25) is 0 Å². The van der Waals surface area contributed by atoms with Crippen molar-refractivity contribution >= 4 is 50.8 Å². The molecule has 0 amide bonds. The van der Waals surface area contributed by atoms with E-state index in [-0.39, 0.29) is 0 Å². The average Bonchev–Trinajstić information content (AvgIpc) is 2.82. The van der Waals surface area contributed by atoms with Crippen LogP contribution in [0.4, 0.5) is 0 Å². The monoisotopic (exact) mass is 320 g/mol. The molecule has 2 aromatic heterocycles. The molecular formula is C15H10Cl2N2S. The molecule has 0 aliphatic rings. The van der Waals surface area contributed by atoms with E-state index in [9.17, 15) is 0 Å². The number of nitrogens with zero attached hydrogens (tertiary/aromatic N) is 2. The van der Waals surface area contributed by atoms with Crippen molar-refractivity contribution in [1.29, 1.82) is 0 Å². The van der Waals surface area contributed by atoms with Gasteiger partial charge in [-0.2, -0.15) is 0 Å². The van der Waals surface area contributed by atoms with E-state index in [1.165, 1.54) is 6.33 Å². The Morgan fingerprint density at radius 2 is 2.05 bits per heavy atom. The summed E-state index contributed by atoms with van der Waals surface area (Å²) in [6, 6.07) is 5.83. The maximum absolute atomic E-state index is 6.26. The standard InChI is InChI=1S/C15H10Cl2N2S/c1-3-11-12(9-5-4-6-10(16)8(9)2)13-14(17)18-7-19-15(13)20-11/h3-7H,1H2,2H3. The van der Waals surface area contributed by atoms with Crippen molar-refractivity contribution in [3.8, 4) is 11.1 Å². The topological polar surface area (TPSA) is 25.8 Å². The summed E-state index contributed by atoms with van der Waals surface area (Å²) < 4.78 is 0. The van der Waals surface area contributed by atoms with Crippen LogP contribution in [0.1, 0.15) is 10.4 Å². The highest BCUT2D eigenvalue weighted by Crippen LogP contribution is 2.43. The Kier molecular flexibility index (Phi) is 3.50. The number of hydrogen-bond acceptors (Lipinski definition) is 3. The van der Waals surface area contributed by atoms with Crippen molar-refractivity contribution in [2.75, 3.05) is 0 Å². The van der Waals surface area contributed by atoms with E-state index in [2.05, 4.69) is 16.5 Å². The molecule has 3 rings (SSSR count). The molecule has 0 aliphatic heterocycles. The molecule has 0 fully saturated rings. The van der Waals surface area contributed by atoms with Gasteiger partial charge in [0.2, 0.25) is 0 Å². The van der Waals surface area contributed by atoms with Gasteiger partial charge in [0.05, 0.1) is 5.39 Å². The molecule has 0 unspecified atom stereocenters. The first-order chi connectivity index (χ1) is 9.63. The molecule has 0 bridgehead atoms. The lowest BCUT2D eigenvalue weighted by atomic mass is 9.99. The molecule has 2 heterocycles. The maximum atomic E-state index is 6.26. The number of aromatic nitrogens is 2. The fraction of sp³-hybridized carbons (Fsp3) is 0.0667. The predicted octanol–water partition coefficient (Wildman–Crippen LogP) is 5.62. The highest BCUT2D eigenvalue weighted by molar-refractivity contribution is 7.20. The molecule has 5 heteroatoms. The van der Waals surface area contributed by atoms with Crippen molar-refractivity contribution in [1.82, 2.24) is 9.97 Å². The molecule has 2 nitrogen and oxygen atoms in total. The van der Waals surface area contributed by atoms with Crippen molar-refractivity contribution in [2.24, 2.45) is 0 Å². The minimum Gasteiger partial charge on any atom is -0.225 e. The first-order valence-corrected chi connectivity index (χ1v) is 7.51. The number of benzene rings is 1. The van der Waals surface area contributed by atoms with Gasteiger partial charge in [-0.05, 0) is 24.1 Å². The zero-order valence-electron chi connectivity index (χ0n) is 10.7. The fourth-order valence-electron chi connectivity index (χ4n) is 2.20. The SMILES string of the molecule is C=Cc1sc2ncnc(Cl)c2c1-c1cccc(Cl)c1C. The van der Waals surface area contributed by atoms with E-state index in [1.54, 1.807) is 11.3 Å². The zero-order chi connectivity index (χ0) is 14.3. The molecule has 0 saturated heterocycles. The number of rotatable bonds is 2. The van der Waals surface area contributed by atoms with Crippen molar-refractivity contribution < 1.29 is 0 Å². The van der Waals surface area contributed by atoms with Crippen LogP contribution in [0.25, 0.3) is 27.4 Å². The second kappa shape index (κ2) is 5.17. The number of fused-ring (bicyclic) bond motifs is 1. The van der Waals surface area contributed by atoms with Crippen LogP contribution in [0.3, 0.4) is 0 Å². The summed E-state index contributed by atoms with van der Waals surface area (Å²) in [5.41, 5.74) is 3.05. The van der Waals surface area contributed by atoms with Crippen LogP contribution >= 0.6 is 34.5 Å². The van der Waals surface area contributed by atoms with Crippen LogP contribution in [0.5, 0.6) is 0 Å². The third-order valence-corrected chi connectivity index (χ3v) is 4.98. The molecule has 3 aromatic rings. The second-order valence-corrected chi connectivity index (χ2v) is 6.10. The van der Waals surface area contributed by atoms with Gasteiger partial charge in [0, 0.05) is 15.5 Å². The van der Waals surface area contributed by atoms with Gasteiger partial charge in [0.15, 0.2) is 0 Å². The van der Waals surface area contributed by atoms with Crippen LogP contribution in [0.2, 0.25) is 10.2 Å². The van der Waals surface area contributed by atoms with E-state index in [1.807, 2.05) is 31.2 Å². The van der Waals surface area contributed by atoms with Crippen LogP contribution in [0.15, 0.2) is 31.1 Å². The normalized spacial score (nSPS) is 10.9. The van der Waals surface area contributed by atoms with Gasteiger partial charge in [-0.15, -0.1) is 11.3 Å². The number of halogens is 2. The lowest BCUT2D eigenvalue weighted by molar-refractivity contribution is 1.23. The lowest BCUT2D eigenvalue weighted by Crippen LogP contribution is -1.87. The van der Waals surface area contributed by atoms with Gasteiger partial charge in [0.25, 0.3) is 0 Å². The Hall–Kier alpha value is -1.42. The summed E-state index contributed by atoms with van der Waals surface area (Å²) in [5.74, 6) is 0. The van der Waals surface area contributed by atoms with Gasteiger partial charge in [0.1, 0.15) is 16.3 Å². The molecule has 100 valence electrons. The van der Waals surface area contributed by atoms with Crippen LogP contribution in [-0.4, -0.2) is 9.97 Å². The second-order valence-electron chi connectivity index (χ2n) is 4.30. The molecular weight excluding hydrogens is 311 g/mol. The van der Waals surface area contributed by atoms with Gasteiger partial charge in [-0.1, -0.05) is 48.0 Å². The van der Waals surface area contributed by atoms with Crippen LogP contribution < -0.4 is 0 Å². The predicted molar refractivity (Wildman–Crippen MR) is 87.7 cm³/mol. The quantitative estimate of drug-likeness (QED) is 0.573. The van der Waals surface area contributed by atoms with E-state index in [0.29, 0.717) is 5.15 Å². The third-order valence-electron chi connectivity index (χ3n) is 3.19. The van der Waals surface area contributed by atoms with Gasteiger partial charge < -0.3 is 0 Å². The van der Waals surface area contributed by atoms with Crippen molar-refractivity contribution in [3.63, 3.8) is 0 Å².